The summed E-state index contributed by atoms with van der Waals surface area (Å²) in [6, 6.07) is 10.1. The third kappa shape index (κ3) is 3.28. The maximum absolute atomic E-state index is 13.1. The summed E-state index contributed by atoms with van der Waals surface area (Å²) in [4.78, 5) is 19.4. The summed E-state index contributed by atoms with van der Waals surface area (Å²) in [6.07, 6.45) is 4.54. The highest BCUT2D eigenvalue weighted by atomic mass is 32.1. The van der Waals surface area contributed by atoms with Gasteiger partial charge in [0.25, 0.3) is 5.91 Å². The van der Waals surface area contributed by atoms with Gasteiger partial charge in [0, 0.05) is 17.0 Å². The molecule has 1 amide bonds. The van der Waals surface area contributed by atoms with Crippen LogP contribution in [0.2, 0.25) is 0 Å². The van der Waals surface area contributed by atoms with E-state index in [1.54, 1.807) is 27.4 Å². The van der Waals surface area contributed by atoms with Crippen molar-refractivity contribution in [3.63, 3.8) is 0 Å². The van der Waals surface area contributed by atoms with Crippen LogP contribution in [-0.4, -0.2) is 20.7 Å². The van der Waals surface area contributed by atoms with E-state index in [1.807, 2.05) is 32.0 Å². The molecule has 7 heteroatoms. The molecule has 5 nitrogen and oxygen atoms in total. The van der Waals surface area contributed by atoms with E-state index in [-0.39, 0.29) is 5.91 Å². The fourth-order valence-electron chi connectivity index (χ4n) is 4.00. The van der Waals surface area contributed by atoms with Gasteiger partial charge in [0.15, 0.2) is 0 Å². The van der Waals surface area contributed by atoms with Crippen LogP contribution in [0.1, 0.15) is 46.4 Å². The van der Waals surface area contributed by atoms with Gasteiger partial charge >= 0.3 is 0 Å². The molecule has 148 valence electrons. The van der Waals surface area contributed by atoms with Crippen LogP contribution in [0, 0.1) is 6.92 Å². The molecule has 29 heavy (non-hydrogen) atoms. The van der Waals surface area contributed by atoms with Crippen molar-refractivity contribution in [2.24, 2.45) is 0 Å². The highest BCUT2D eigenvalue weighted by molar-refractivity contribution is 7.22. The number of thiazole rings is 1. The number of rotatable bonds is 4. The molecule has 0 saturated heterocycles. The van der Waals surface area contributed by atoms with Crippen molar-refractivity contribution in [2.45, 2.75) is 46.1 Å². The number of amides is 1. The number of benzene rings is 1. The lowest BCUT2D eigenvalue weighted by atomic mass is 9.96. The third-order valence-electron chi connectivity index (χ3n) is 5.34. The van der Waals surface area contributed by atoms with Crippen molar-refractivity contribution in [3.8, 4) is 10.6 Å². The highest BCUT2D eigenvalue weighted by Crippen LogP contribution is 2.46. The van der Waals surface area contributed by atoms with Crippen LogP contribution in [0.3, 0.4) is 0 Å². The van der Waals surface area contributed by atoms with Crippen LogP contribution in [-0.2, 0) is 19.4 Å². The predicted octanol–water partition coefficient (Wildman–Crippen LogP) is 5.68. The second-order valence-corrected chi connectivity index (χ2v) is 9.48. The molecule has 0 saturated carbocycles. The van der Waals surface area contributed by atoms with Crippen LogP contribution < -0.4 is 5.32 Å². The molecule has 3 aromatic heterocycles. The number of nitrogens with zero attached hydrogens (tertiary/aromatic N) is 3. The Balaban J connectivity index is 1.59. The minimum atomic E-state index is -0.103. The van der Waals surface area contributed by atoms with Crippen LogP contribution in [0.5, 0.6) is 0 Å². The number of thiophene rings is 1. The Kier molecular flexibility index (Phi) is 4.72. The Bertz CT molecular complexity index is 1180. The van der Waals surface area contributed by atoms with Crippen molar-refractivity contribution in [1.29, 1.82) is 0 Å². The van der Waals surface area contributed by atoms with E-state index in [0.29, 0.717) is 12.2 Å². The highest BCUT2D eigenvalue weighted by Gasteiger charge is 2.26. The smallest absolute Gasteiger partial charge is 0.274 e. The van der Waals surface area contributed by atoms with Gasteiger partial charge in [-0.2, -0.15) is 5.10 Å². The van der Waals surface area contributed by atoms with E-state index in [0.717, 1.165) is 39.6 Å². The zero-order valence-corrected chi connectivity index (χ0v) is 18.1. The van der Waals surface area contributed by atoms with Gasteiger partial charge in [0.2, 0.25) is 0 Å². The van der Waals surface area contributed by atoms with Crippen LogP contribution in [0.4, 0.5) is 5.00 Å². The monoisotopic (exact) mass is 422 g/mol. The zero-order valence-electron chi connectivity index (χ0n) is 16.5. The number of fused-ring (bicyclic) bond motifs is 2. The van der Waals surface area contributed by atoms with Gasteiger partial charge in [0.05, 0.1) is 15.9 Å². The van der Waals surface area contributed by atoms with Gasteiger partial charge in [-0.25, -0.2) is 4.98 Å². The molecule has 0 atom stereocenters. The molecule has 0 radical (unpaired) electrons. The molecule has 0 aliphatic heterocycles. The number of hydrogen-bond acceptors (Lipinski definition) is 5. The van der Waals surface area contributed by atoms with E-state index < -0.39 is 0 Å². The number of aryl methyl sites for hydroxylation is 3. The average Bonchev–Trinajstić information content (AvgIpc) is 3.41. The third-order valence-corrected chi connectivity index (χ3v) is 7.60. The van der Waals surface area contributed by atoms with Crippen molar-refractivity contribution < 1.29 is 4.79 Å². The molecule has 0 spiro atoms. The van der Waals surface area contributed by atoms with Gasteiger partial charge in [-0.05, 0) is 63.3 Å². The summed E-state index contributed by atoms with van der Waals surface area (Å²) >= 11 is 3.42. The molecule has 5 rings (SSSR count). The van der Waals surface area contributed by atoms with E-state index in [4.69, 9.17) is 4.98 Å². The molecular formula is C22H22N4OS2. The second kappa shape index (κ2) is 7.39. The fourth-order valence-corrected chi connectivity index (χ4v) is 6.39. The topological polar surface area (TPSA) is 59.8 Å². The number of carbonyl (C=O) groups excluding carboxylic acids is 1. The van der Waals surface area contributed by atoms with Crippen molar-refractivity contribution in [1.82, 2.24) is 14.8 Å². The van der Waals surface area contributed by atoms with Gasteiger partial charge in [0.1, 0.15) is 15.7 Å². The first kappa shape index (κ1) is 18.5. The van der Waals surface area contributed by atoms with Gasteiger partial charge in [-0.15, -0.1) is 22.7 Å². The SMILES string of the molecule is CCn1nc(C)cc1C(=O)Nc1sc2c(c1-c1nc3ccccc3s1)CCCC2. The number of anilines is 1. The number of aromatic nitrogens is 3. The molecule has 1 aliphatic carbocycles. The molecule has 1 N–H and O–H groups in total. The number of nitrogens with one attached hydrogen (secondary N) is 1. The average molecular weight is 423 g/mol. The minimum absolute atomic E-state index is 0.103. The normalized spacial score (nSPS) is 13.6. The van der Waals surface area contributed by atoms with Crippen molar-refractivity contribution in [3.05, 3.63) is 52.2 Å². The first-order chi connectivity index (χ1) is 14.1. The second-order valence-electron chi connectivity index (χ2n) is 7.34. The van der Waals surface area contributed by atoms with E-state index in [2.05, 4.69) is 22.5 Å². The Morgan fingerprint density at radius 3 is 2.86 bits per heavy atom. The molecule has 1 aromatic carbocycles. The van der Waals surface area contributed by atoms with Crippen LogP contribution in [0.15, 0.2) is 30.3 Å². The number of carbonyl (C=O) groups is 1. The quantitative estimate of drug-likeness (QED) is 0.460. The molecule has 4 aromatic rings. The molecule has 3 heterocycles. The molecule has 0 fully saturated rings. The maximum Gasteiger partial charge on any atom is 0.274 e. The van der Waals surface area contributed by atoms with E-state index in [9.17, 15) is 4.79 Å². The summed E-state index contributed by atoms with van der Waals surface area (Å²) in [5.74, 6) is -0.103. The lowest BCUT2D eigenvalue weighted by molar-refractivity contribution is 0.101. The van der Waals surface area contributed by atoms with Crippen molar-refractivity contribution in [2.75, 3.05) is 5.32 Å². The zero-order chi connectivity index (χ0) is 20.0. The number of hydrogen-bond donors (Lipinski definition) is 1. The summed E-state index contributed by atoms with van der Waals surface area (Å²) in [7, 11) is 0. The molecule has 1 aliphatic rings. The summed E-state index contributed by atoms with van der Waals surface area (Å²) in [5, 5.41) is 9.54. The van der Waals surface area contributed by atoms with Crippen LogP contribution >= 0.6 is 22.7 Å². The Labute approximate surface area is 177 Å². The maximum atomic E-state index is 13.1. The Morgan fingerprint density at radius 2 is 2.03 bits per heavy atom. The largest absolute Gasteiger partial charge is 0.312 e. The molecule has 0 unspecified atom stereocenters. The Morgan fingerprint density at radius 1 is 1.21 bits per heavy atom. The summed E-state index contributed by atoms with van der Waals surface area (Å²) < 4.78 is 2.94. The first-order valence-corrected chi connectivity index (χ1v) is 11.6. The molecule has 0 bridgehead atoms. The van der Waals surface area contributed by atoms with E-state index >= 15 is 0 Å². The van der Waals surface area contributed by atoms with E-state index in [1.165, 1.54) is 28.0 Å². The Hall–Kier alpha value is -2.51. The fraction of sp³-hybridized carbons (Fsp3) is 0.318. The minimum Gasteiger partial charge on any atom is -0.312 e. The summed E-state index contributed by atoms with van der Waals surface area (Å²) in [5.41, 5.74) is 4.97. The summed E-state index contributed by atoms with van der Waals surface area (Å²) in [6.45, 7) is 4.58. The first-order valence-electron chi connectivity index (χ1n) is 10.0. The van der Waals surface area contributed by atoms with Gasteiger partial charge < -0.3 is 5.32 Å². The lowest BCUT2D eigenvalue weighted by Crippen LogP contribution is -2.17. The lowest BCUT2D eigenvalue weighted by Gasteiger charge is -2.12. The van der Waals surface area contributed by atoms with Gasteiger partial charge in [-0.3, -0.25) is 9.48 Å². The predicted molar refractivity (Wildman–Crippen MR) is 120 cm³/mol. The van der Waals surface area contributed by atoms with Crippen molar-refractivity contribution >= 4 is 43.8 Å². The standard InChI is InChI=1S/C22H22N4OS2/c1-3-26-16(12-13(2)25-26)20(27)24-22-19(14-8-4-6-10-17(14)28-22)21-23-15-9-5-7-11-18(15)29-21/h5,7,9,11-12H,3-4,6,8,10H2,1-2H3,(H,24,27). The molecular weight excluding hydrogens is 400 g/mol. The van der Waals surface area contributed by atoms with Crippen LogP contribution in [0.25, 0.3) is 20.8 Å². The number of para-hydroxylation sites is 1. The van der Waals surface area contributed by atoms with Gasteiger partial charge in [-0.1, -0.05) is 12.1 Å².